The van der Waals surface area contributed by atoms with Crippen LogP contribution in [0.3, 0.4) is 0 Å². The third-order valence-electron chi connectivity index (χ3n) is 2.68. The molecule has 6 heteroatoms. The van der Waals surface area contributed by atoms with Crippen LogP contribution < -0.4 is 4.74 Å². The fraction of sp³-hybridized carbons (Fsp3) is 0.500. The second-order valence-corrected chi connectivity index (χ2v) is 4.62. The number of benzene rings is 1. The minimum atomic E-state index is -0.529. The molecular weight excluding hydrogens is 258 g/mol. The second-order valence-electron chi connectivity index (χ2n) is 4.62. The highest BCUT2D eigenvalue weighted by Crippen LogP contribution is 2.19. The summed E-state index contributed by atoms with van der Waals surface area (Å²) in [5, 5.41) is 3.16. The average Bonchev–Trinajstić information content (AvgIpc) is 2.38. The molecule has 1 aromatic carbocycles. The van der Waals surface area contributed by atoms with Gasteiger partial charge in [-0.25, -0.2) is 0 Å². The van der Waals surface area contributed by atoms with Crippen molar-refractivity contribution in [2.45, 2.75) is 39.4 Å². The van der Waals surface area contributed by atoms with Crippen LogP contribution in [-0.4, -0.2) is 24.7 Å². The Bertz CT molecular complexity index is 498. The normalized spacial score (nSPS) is 12.9. The van der Waals surface area contributed by atoms with E-state index in [2.05, 4.69) is 10.0 Å². The van der Waals surface area contributed by atoms with Crippen LogP contribution >= 0.6 is 0 Å². The van der Waals surface area contributed by atoms with Gasteiger partial charge in [-0.2, -0.15) is 0 Å². The molecule has 1 rings (SSSR count). The Morgan fingerprint density at radius 1 is 1.35 bits per heavy atom. The maximum atomic E-state index is 11.3. The number of aryl methyl sites for hydroxylation is 1. The van der Waals surface area contributed by atoms with Crippen LogP contribution in [0.1, 0.15) is 25.8 Å². The van der Waals surface area contributed by atoms with Crippen molar-refractivity contribution in [3.63, 3.8) is 0 Å². The third-order valence-corrected chi connectivity index (χ3v) is 2.68. The maximum Gasteiger partial charge on any atom is 0.311 e. The molecule has 20 heavy (non-hydrogen) atoms. The Kier molecular flexibility index (Phi) is 6.40. The minimum Gasteiger partial charge on any atom is -0.490 e. The standard InChI is InChI=1S/C14H19N3O3/c1-10-6-4-5-7-13(10)19-11(2)8-12(3)20-14(18)9-16-17-15/h4-7,11-12H,8-9H2,1-3H3/t11-,12+/m0/s1. The number of para-hydroxylation sites is 1. The van der Waals surface area contributed by atoms with Gasteiger partial charge in [0.15, 0.2) is 0 Å². The molecule has 0 aliphatic heterocycles. The number of azide groups is 1. The first-order valence-electron chi connectivity index (χ1n) is 6.45. The van der Waals surface area contributed by atoms with Crippen LogP contribution in [0, 0.1) is 6.92 Å². The van der Waals surface area contributed by atoms with Gasteiger partial charge in [0.1, 0.15) is 18.4 Å². The van der Waals surface area contributed by atoms with Crippen LogP contribution in [0.25, 0.3) is 10.4 Å². The van der Waals surface area contributed by atoms with E-state index in [1.54, 1.807) is 6.92 Å². The molecule has 0 unspecified atom stereocenters. The minimum absolute atomic E-state index is 0.0848. The first-order chi connectivity index (χ1) is 9.52. The Labute approximate surface area is 118 Å². The van der Waals surface area contributed by atoms with Crippen molar-refractivity contribution in [3.8, 4) is 5.75 Å². The van der Waals surface area contributed by atoms with Crippen molar-refractivity contribution in [2.75, 3.05) is 6.54 Å². The summed E-state index contributed by atoms with van der Waals surface area (Å²) in [5.41, 5.74) is 9.18. The summed E-state index contributed by atoms with van der Waals surface area (Å²) in [7, 11) is 0. The summed E-state index contributed by atoms with van der Waals surface area (Å²) in [6.45, 7) is 5.40. The Morgan fingerprint density at radius 2 is 2.05 bits per heavy atom. The largest absolute Gasteiger partial charge is 0.490 e. The van der Waals surface area contributed by atoms with Gasteiger partial charge in [-0.05, 0) is 37.9 Å². The zero-order chi connectivity index (χ0) is 15.0. The molecular formula is C14H19N3O3. The summed E-state index contributed by atoms with van der Waals surface area (Å²) < 4.78 is 10.9. The molecule has 1 aromatic rings. The predicted octanol–water partition coefficient (Wildman–Crippen LogP) is 3.39. The van der Waals surface area contributed by atoms with Gasteiger partial charge in [-0.15, -0.1) is 0 Å². The Hall–Kier alpha value is -2.20. The maximum absolute atomic E-state index is 11.3. The fourth-order valence-corrected chi connectivity index (χ4v) is 1.82. The highest BCUT2D eigenvalue weighted by atomic mass is 16.5. The Balaban J connectivity index is 2.42. The molecule has 0 saturated carbocycles. The van der Waals surface area contributed by atoms with Crippen molar-refractivity contribution in [1.29, 1.82) is 0 Å². The van der Waals surface area contributed by atoms with Gasteiger partial charge in [0.25, 0.3) is 0 Å². The van der Waals surface area contributed by atoms with E-state index >= 15 is 0 Å². The first-order valence-corrected chi connectivity index (χ1v) is 6.45. The second kappa shape index (κ2) is 8.07. The number of carbonyl (C=O) groups excluding carboxylic acids is 1. The molecule has 0 aliphatic carbocycles. The van der Waals surface area contributed by atoms with Crippen molar-refractivity contribution < 1.29 is 14.3 Å². The van der Waals surface area contributed by atoms with Crippen LogP contribution in [0.4, 0.5) is 0 Å². The predicted molar refractivity (Wildman–Crippen MR) is 75.5 cm³/mol. The van der Waals surface area contributed by atoms with E-state index < -0.39 is 5.97 Å². The van der Waals surface area contributed by atoms with Gasteiger partial charge < -0.3 is 9.47 Å². The number of nitrogens with zero attached hydrogens (tertiary/aromatic N) is 3. The van der Waals surface area contributed by atoms with Crippen LogP contribution in [0.5, 0.6) is 5.75 Å². The zero-order valence-corrected chi connectivity index (χ0v) is 11.9. The lowest BCUT2D eigenvalue weighted by Gasteiger charge is -2.20. The van der Waals surface area contributed by atoms with Gasteiger partial charge in [0.05, 0.1) is 6.10 Å². The highest BCUT2D eigenvalue weighted by Gasteiger charge is 2.14. The van der Waals surface area contributed by atoms with E-state index in [4.69, 9.17) is 15.0 Å². The highest BCUT2D eigenvalue weighted by molar-refractivity contribution is 5.71. The van der Waals surface area contributed by atoms with E-state index in [0.717, 1.165) is 11.3 Å². The molecule has 0 bridgehead atoms. The molecule has 0 aromatic heterocycles. The van der Waals surface area contributed by atoms with E-state index in [1.807, 2.05) is 38.1 Å². The topological polar surface area (TPSA) is 84.3 Å². The zero-order valence-electron chi connectivity index (χ0n) is 11.9. The van der Waals surface area contributed by atoms with Crippen molar-refractivity contribution in [2.24, 2.45) is 5.11 Å². The molecule has 108 valence electrons. The van der Waals surface area contributed by atoms with Gasteiger partial charge in [0, 0.05) is 11.3 Å². The molecule has 0 aliphatic rings. The number of carbonyl (C=O) groups is 1. The van der Waals surface area contributed by atoms with E-state index in [9.17, 15) is 4.79 Å². The van der Waals surface area contributed by atoms with Crippen molar-refractivity contribution in [1.82, 2.24) is 0 Å². The van der Waals surface area contributed by atoms with Crippen molar-refractivity contribution in [3.05, 3.63) is 40.3 Å². The lowest BCUT2D eigenvalue weighted by atomic mass is 10.2. The van der Waals surface area contributed by atoms with Crippen molar-refractivity contribution >= 4 is 5.97 Å². The number of rotatable bonds is 7. The third kappa shape index (κ3) is 5.63. The molecule has 0 spiro atoms. The summed E-state index contributed by atoms with van der Waals surface area (Å²) >= 11 is 0. The van der Waals surface area contributed by atoms with E-state index in [0.29, 0.717) is 6.42 Å². The van der Waals surface area contributed by atoms with Gasteiger partial charge >= 0.3 is 5.97 Å². The number of hydrogen-bond acceptors (Lipinski definition) is 4. The molecule has 0 heterocycles. The summed E-state index contributed by atoms with van der Waals surface area (Å²) in [4.78, 5) is 13.8. The smallest absolute Gasteiger partial charge is 0.311 e. The summed E-state index contributed by atoms with van der Waals surface area (Å²) in [6, 6.07) is 7.75. The number of hydrogen-bond donors (Lipinski definition) is 0. The fourth-order valence-electron chi connectivity index (χ4n) is 1.82. The molecule has 0 amide bonds. The van der Waals surface area contributed by atoms with Crippen LogP contribution in [0.15, 0.2) is 29.4 Å². The van der Waals surface area contributed by atoms with Crippen LogP contribution in [0.2, 0.25) is 0 Å². The quantitative estimate of drug-likeness (QED) is 0.331. The molecule has 0 saturated heterocycles. The first kappa shape index (κ1) is 15.9. The van der Waals surface area contributed by atoms with Gasteiger partial charge in [-0.3, -0.25) is 4.79 Å². The number of ether oxygens (including phenoxy) is 2. The van der Waals surface area contributed by atoms with E-state index in [1.165, 1.54) is 0 Å². The molecule has 0 N–H and O–H groups in total. The molecule has 2 atom stereocenters. The molecule has 0 radical (unpaired) electrons. The number of esters is 1. The molecule has 0 fully saturated rings. The lowest BCUT2D eigenvalue weighted by Crippen LogP contribution is -2.24. The Morgan fingerprint density at radius 3 is 2.70 bits per heavy atom. The van der Waals surface area contributed by atoms with Crippen LogP contribution in [-0.2, 0) is 9.53 Å². The summed E-state index contributed by atoms with van der Waals surface area (Å²) in [6.07, 6.45) is 0.185. The average molecular weight is 277 g/mol. The lowest BCUT2D eigenvalue weighted by molar-refractivity contribution is -0.147. The van der Waals surface area contributed by atoms with E-state index in [-0.39, 0.29) is 18.8 Å². The monoisotopic (exact) mass is 277 g/mol. The SMILES string of the molecule is Cc1ccccc1O[C@@H](C)C[C@@H](C)OC(=O)CN=[N+]=[N-]. The van der Waals surface area contributed by atoms with Gasteiger partial charge in [0.2, 0.25) is 0 Å². The van der Waals surface area contributed by atoms with Gasteiger partial charge in [-0.1, -0.05) is 23.3 Å². The summed E-state index contributed by atoms with van der Waals surface area (Å²) in [5.74, 6) is 0.297. The molecule has 6 nitrogen and oxygen atoms in total.